The van der Waals surface area contributed by atoms with Crippen molar-refractivity contribution in [2.24, 2.45) is 0 Å². The predicted molar refractivity (Wildman–Crippen MR) is 72.5 cm³/mol. The summed E-state index contributed by atoms with van der Waals surface area (Å²) in [6.07, 6.45) is 8.13. The SMILES string of the molecule is C=C(C)C(=O)O[P+](=O)OCCCCCCCCC. The molecule has 0 amide bonds. The topological polar surface area (TPSA) is 52.6 Å². The van der Waals surface area contributed by atoms with E-state index in [1.807, 2.05) is 0 Å². The minimum absolute atomic E-state index is 0.220. The standard InChI is InChI=1S/C13H24O4P/c1-4-5-6-7-8-9-10-11-16-18(15)17-13(14)12(2)3/h2,4-11H2,1,3H3/q+1. The first-order valence-electron chi connectivity index (χ1n) is 6.56. The third kappa shape index (κ3) is 10.4. The molecule has 0 aliphatic heterocycles. The Hall–Kier alpha value is -0.730. The molecule has 0 bridgehead atoms. The number of rotatable bonds is 11. The molecule has 0 heterocycles. The Morgan fingerprint density at radius 3 is 2.22 bits per heavy atom. The number of hydrogen-bond donors (Lipinski definition) is 0. The summed E-state index contributed by atoms with van der Waals surface area (Å²) in [5.74, 6) is -0.671. The van der Waals surface area contributed by atoms with Crippen molar-refractivity contribution in [3.63, 3.8) is 0 Å². The molecule has 0 aliphatic carbocycles. The highest BCUT2D eigenvalue weighted by Crippen LogP contribution is 2.25. The minimum atomic E-state index is -2.34. The van der Waals surface area contributed by atoms with E-state index < -0.39 is 14.2 Å². The van der Waals surface area contributed by atoms with E-state index in [4.69, 9.17) is 4.52 Å². The van der Waals surface area contributed by atoms with Crippen molar-refractivity contribution in [1.29, 1.82) is 0 Å². The van der Waals surface area contributed by atoms with E-state index >= 15 is 0 Å². The first-order valence-corrected chi connectivity index (χ1v) is 7.65. The van der Waals surface area contributed by atoms with E-state index in [0.29, 0.717) is 6.61 Å². The minimum Gasteiger partial charge on any atom is -0.241 e. The molecular formula is C13H24O4P+. The Bertz CT molecular complexity index is 276. The van der Waals surface area contributed by atoms with E-state index in [0.717, 1.165) is 12.8 Å². The fourth-order valence-corrected chi connectivity index (χ4v) is 1.99. The van der Waals surface area contributed by atoms with Crippen LogP contribution in [0.5, 0.6) is 0 Å². The molecule has 4 nitrogen and oxygen atoms in total. The van der Waals surface area contributed by atoms with Gasteiger partial charge in [0, 0.05) is 10.1 Å². The van der Waals surface area contributed by atoms with E-state index in [9.17, 15) is 9.36 Å². The van der Waals surface area contributed by atoms with Gasteiger partial charge in [0.15, 0.2) is 0 Å². The zero-order valence-corrected chi connectivity index (χ0v) is 12.3. The molecule has 0 aliphatic rings. The average Bonchev–Trinajstić information content (AvgIpc) is 2.32. The van der Waals surface area contributed by atoms with Crippen LogP contribution in [0.15, 0.2) is 12.2 Å². The van der Waals surface area contributed by atoms with Gasteiger partial charge in [-0.25, -0.2) is 4.79 Å². The number of hydrogen-bond acceptors (Lipinski definition) is 4. The molecular weight excluding hydrogens is 251 g/mol. The Morgan fingerprint density at radius 2 is 1.67 bits per heavy atom. The maximum atomic E-state index is 11.2. The van der Waals surface area contributed by atoms with Crippen LogP contribution in [0.1, 0.15) is 58.8 Å². The van der Waals surface area contributed by atoms with Crippen LogP contribution in [0, 0.1) is 0 Å². The van der Waals surface area contributed by atoms with E-state index in [2.05, 4.69) is 18.0 Å². The molecule has 1 atom stereocenters. The lowest BCUT2D eigenvalue weighted by molar-refractivity contribution is -0.130. The van der Waals surface area contributed by atoms with Gasteiger partial charge >= 0.3 is 14.2 Å². The Morgan fingerprint density at radius 1 is 1.11 bits per heavy atom. The van der Waals surface area contributed by atoms with E-state index in [-0.39, 0.29) is 5.57 Å². The van der Waals surface area contributed by atoms with Gasteiger partial charge in [-0.1, -0.05) is 52.0 Å². The van der Waals surface area contributed by atoms with E-state index in [1.54, 1.807) is 0 Å². The summed E-state index contributed by atoms with van der Waals surface area (Å²) in [6, 6.07) is 0. The molecule has 0 aromatic rings. The van der Waals surface area contributed by atoms with Crippen molar-refractivity contribution >= 4 is 14.2 Å². The number of carbonyl (C=O) groups excluding carboxylic acids is 1. The average molecular weight is 275 g/mol. The molecule has 0 spiro atoms. The fraction of sp³-hybridized carbons (Fsp3) is 0.769. The Kier molecular flexibility index (Phi) is 10.9. The second kappa shape index (κ2) is 11.4. The van der Waals surface area contributed by atoms with Gasteiger partial charge in [0.25, 0.3) is 0 Å². The summed E-state index contributed by atoms with van der Waals surface area (Å²) in [5, 5.41) is 0. The molecule has 104 valence electrons. The van der Waals surface area contributed by atoms with Crippen LogP contribution < -0.4 is 0 Å². The monoisotopic (exact) mass is 275 g/mol. The van der Waals surface area contributed by atoms with Gasteiger partial charge in [0.1, 0.15) is 6.61 Å². The highest BCUT2D eigenvalue weighted by atomic mass is 31.1. The molecule has 0 saturated heterocycles. The molecule has 0 rings (SSSR count). The summed E-state index contributed by atoms with van der Waals surface area (Å²) in [6.45, 7) is 7.46. The lowest BCUT2D eigenvalue weighted by Crippen LogP contribution is -2.00. The van der Waals surface area contributed by atoms with Crippen LogP contribution >= 0.6 is 8.25 Å². The van der Waals surface area contributed by atoms with Crippen molar-refractivity contribution in [1.82, 2.24) is 0 Å². The van der Waals surface area contributed by atoms with Gasteiger partial charge in [-0.05, 0) is 13.3 Å². The molecule has 0 radical (unpaired) electrons. The number of unbranched alkanes of at least 4 members (excludes halogenated alkanes) is 6. The van der Waals surface area contributed by atoms with Crippen LogP contribution in [0.3, 0.4) is 0 Å². The molecule has 0 aromatic heterocycles. The van der Waals surface area contributed by atoms with Crippen molar-refractivity contribution in [2.75, 3.05) is 6.61 Å². The Labute approximate surface area is 111 Å². The first kappa shape index (κ1) is 17.3. The maximum absolute atomic E-state index is 11.2. The quantitative estimate of drug-likeness (QED) is 0.316. The third-order valence-electron chi connectivity index (χ3n) is 2.45. The molecule has 18 heavy (non-hydrogen) atoms. The molecule has 0 N–H and O–H groups in total. The van der Waals surface area contributed by atoms with Gasteiger partial charge in [-0.15, -0.1) is 4.52 Å². The Balaban J connectivity index is 3.36. The van der Waals surface area contributed by atoms with Crippen LogP contribution in [0.4, 0.5) is 0 Å². The van der Waals surface area contributed by atoms with Gasteiger partial charge < -0.3 is 0 Å². The number of carbonyl (C=O) groups is 1. The van der Waals surface area contributed by atoms with Crippen molar-refractivity contribution in [3.8, 4) is 0 Å². The molecule has 0 saturated carbocycles. The second-order valence-electron chi connectivity index (χ2n) is 4.34. The lowest BCUT2D eigenvalue weighted by Gasteiger charge is -1.98. The molecule has 0 fully saturated rings. The first-order chi connectivity index (χ1) is 8.57. The highest BCUT2D eigenvalue weighted by molar-refractivity contribution is 7.34. The lowest BCUT2D eigenvalue weighted by atomic mass is 10.1. The van der Waals surface area contributed by atoms with Crippen LogP contribution in [0.2, 0.25) is 0 Å². The van der Waals surface area contributed by atoms with Gasteiger partial charge in [0.05, 0.1) is 0 Å². The smallest absolute Gasteiger partial charge is 0.241 e. The fourth-order valence-electron chi connectivity index (χ4n) is 1.37. The van der Waals surface area contributed by atoms with Crippen molar-refractivity contribution < 1.29 is 18.4 Å². The maximum Gasteiger partial charge on any atom is 0.753 e. The highest BCUT2D eigenvalue weighted by Gasteiger charge is 2.26. The second-order valence-corrected chi connectivity index (χ2v) is 5.23. The summed E-state index contributed by atoms with van der Waals surface area (Å²) in [4.78, 5) is 11.0. The van der Waals surface area contributed by atoms with Gasteiger partial charge in [-0.2, -0.15) is 4.52 Å². The molecule has 0 aromatic carbocycles. The van der Waals surface area contributed by atoms with Gasteiger partial charge in [-0.3, -0.25) is 0 Å². The van der Waals surface area contributed by atoms with Gasteiger partial charge in [0.2, 0.25) is 0 Å². The van der Waals surface area contributed by atoms with Crippen LogP contribution in [0.25, 0.3) is 0 Å². The van der Waals surface area contributed by atoms with Crippen LogP contribution in [-0.4, -0.2) is 12.6 Å². The molecule has 5 heteroatoms. The van der Waals surface area contributed by atoms with Crippen LogP contribution in [-0.2, 0) is 18.4 Å². The zero-order valence-electron chi connectivity index (χ0n) is 11.4. The zero-order chi connectivity index (χ0) is 13.8. The molecule has 1 unspecified atom stereocenters. The summed E-state index contributed by atoms with van der Waals surface area (Å²) >= 11 is 0. The van der Waals surface area contributed by atoms with E-state index in [1.165, 1.54) is 39.0 Å². The predicted octanol–water partition coefficient (Wildman–Crippen LogP) is 4.53. The third-order valence-corrected chi connectivity index (χ3v) is 3.16. The van der Waals surface area contributed by atoms with Crippen molar-refractivity contribution in [3.05, 3.63) is 12.2 Å². The van der Waals surface area contributed by atoms with Crippen molar-refractivity contribution in [2.45, 2.75) is 58.8 Å². The largest absolute Gasteiger partial charge is 0.753 e. The summed E-state index contributed by atoms with van der Waals surface area (Å²) < 4.78 is 20.6. The normalized spacial score (nSPS) is 11.1. The summed E-state index contributed by atoms with van der Waals surface area (Å²) in [7, 11) is -2.34. The summed E-state index contributed by atoms with van der Waals surface area (Å²) in [5.41, 5.74) is 0.220.